The molecular formula is C38H59N3O6. The lowest BCUT2D eigenvalue weighted by atomic mass is 9.76. The van der Waals surface area contributed by atoms with Crippen molar-refractivity contribution in [2.75, 3.05) is 0 Å². The van der Waals surface area contributed by atoms with Gasteiger partial charge in [0.25, 0.3) is 0 Å². The molecule has 2 aromatic carbocycles. The van der Waals surface area contributed by atoms with Crippen LogP contribution in [0.2, 0.25) is 0 Å². The van der Waals surface area contributed by atoms with Gasteiger partial charge in [0.1, 0.15) is 23.3 Å². The van der Waals surface area contributed by atoms with Crippen LogP contribution in [-0.4, -0.2) is 74.4 Å². The molecule has 0 spiro atoms. The largest absolute Gasteiger partial charge is 0.458 e. The lowest BCUT2D eigenvalue weighted by Gasteiger charge is -2.51. The van der Waals surface area contributed by atoms with Gasteiger partial charge in [-0.1, -0.05) is 95.8 Å². The fraction of sp³-hybridized carbons (Fsp3) is 0.658. The summed E-state index contributed by atoms with van der Waals surface area (Å²) in [5.41, 5.74) is 4.53. The molecule has 9 nitrogen and oxygen atoms in total. The summed E-state index contributed by atoms with van der Waals surface area (Å²) in [5, 5.41) is 28.5. The minimum Gasteiger partial charge on any atom is -0.458 e. The molecule has 2 amide bonds. The van der Waals surface area contributed by atoms with Gasteiger partial charge >= 0.3 is 5.97 Å². The summed E-state index contributed by atoms with van der Waals surface area (Å²) in [6.07, 6.45) is 1.39. The maximum absolute atomic E-state index is 15.2. The molecule has 0 aliphatic heterocycles. The molecule has 47 heavy (non-hydrogen) atoms. The van der Waals surface area contributed by atoms with E-state index in [0.29, 0.717) is 38.5 Å². The molecule has 9 heteroatoms. The number of aliphatic hydroxyl groups is 2. The zero-order chi connectivity index (χ0) is 35.1. The van der Waals surface area contributed by atoms with E-state index in [1.807, 2.05) is 70.2 Å². The number of rotatable bonds is 14. The van der Waals surface area contributed by atoms with E-state index < -0.39 is 59.3 Å². The highest BCUT2D eigenvalue weighted by molar-refractivity contribution is 5.94. The predicted octanol–water partition coefficient (Wildman–Crippen LogP) is 5.27. The highest BCUT2D eigenvalue weighted by Gasteiger charge is 2.55. The van der Waals surface area contributed by atoms with Gasteiger partial charge in [-0.15, -0.1) is 0 Å². The fourth-order valence-electron chi connectivity index (χ4n) is 6.71. The number of aliphatic hydroxyl groups excluding tert-OH is 2. The van der Waals surface area contributed by atoms with Crippen LogP contribution in [0.1, 0.15) is 106 Å². The van der Waals surface area contributed by atoms with Crippen molar-refractivity contribution in [3.8, 4) is 0 Å². The SMILES string of the molecule is CC[C@H](C)[C@H](NC(=O)[C@H](C)N)C(=O)N([C@@H](Cc1ccc2ccccc2c1)[C@@H](O)[C@@H](O)CC(C)C)C1(C(=O)OC(C)(C)C)CCCCC1. The van der Waals surface area contributed by atoms with Crippen LogP contribution in [0.5, 0.6) is 0 Å². The Morgan fingerprint density at radius 2 is 1.60 bits per heavy atom. The molecule has 0 bridgehead atoms. The van der Waals surface area contributed by atoms with Gasteiger partial charge < -0.3 is 30.9 Å². The van der Waals surface area contributed by atoms with Crippen LogP contribution in [0.15, 0.2) is 42.5 Å². The molecule has 1 aliphatic rings. The highest BCUT2D eigenvalue weighted by atomic mass is 16.6. The molecule has 0 unspecified atom stereocenters. The summed E-state index contributed by atoms with van der Waals surface area (Å²) in [5.74, 6) is -1.75. The third kappa shape index (κ3) is 9.77. The second-order valence-electron chi connectivity index (χ2n) is 15.1. The van der Waals surface area contributed by atoms with Crippen molar-refractivity contribution in [3.05, 3.63) is 48.0 Å². The summed E-state index contributed by atoms with van der Waals surface area (Å²) in [7, 11) is 0. The van der Waals surface area contributed by atoms with E-state index in [-0.39, 0.29) is 18.3 Å². The first-order chi connectivity index (χ1) is 22.0. The van der Waals surface area contributed by atoms with Crippen molar-refractivity contribution >= 4 is 28.6 Å². The zero-order valence-electron chi connectivity index (χ0n) is 29.8. The average Bonchev–Trinajstić information content (AvgIpc) is 3.01. The Hall–Kier alpha value is -3.01. The van der Waals surface area contributed by atoms with E-state index in [4.69, 9.17) is 10.5 Å². The van der Waals surface area contributed by atoms with Gasteiger partial charge in [-0.3, -0.25) is 9.59 Å². The standard InChI is InChI=1S/C38H59N3O6/c1-9-25(4)32(40-34(44)26(5)39)35(45)41(38(19-13-10-14-20-38)36(46)47-37(6,7)8)30(33(43)31(42)21-24(2)3)23-27-17-18-28-15-11-12-16-29(28)22-27/h11-12,15-18,22,24-26,30-33,42-43H,9-10,13-14,19-21,23,39H2,1-8H3,(H,40,44)/t25-,26-,30-,31-,32-,33+/m0/s1. The van der Waals surface area contributed by atoms with E-state index >= 15 is 4.79 Å². The van der Waals surface area contributed by atoms with E-state index in [0.717, 1.165) is 22.8 Å². The van der Waals surface area contributed by atoms with Crippen molar-refractivity contribution in [1.29, 1.82) is 0 Å². The Bertz CT molecular complexity index is 1350. The van der Waals surface area contributed by atoms with Crippen molar-refractivity contribution in [2.24, 2.45) is 17.6 Å². The first kappa shape index (κ1) is 38.4. The molecule has 0 saturated heterocycles. The molecular weight excluding hydrogens is 594 g/mol. The normalized spacial score (nSPS) is 18.9. The Balaban J connectivity index is 2.32. The number of fused-ring (bicyclic) bond motifs is 1. The van der Waals surface area contributed by atoms with Crippen LogP contribution in [0.25, 0.3) is 10.8 Å². The lowest BCUT2D eigenvalue weighted by Crippen LogP contribution is -2.70. The molecule has 1 saturated carbocycles. The topological polar surface area (TPSA) is 142 Å². The molecule has 2 aromatic rings. The van der Waals surface area contributed by atoms with Crippen LogP contribution >= 0.6 is 0 Å². The second-order valence-corrected chi connectivity index (χ2v) is 15.1. The summed E-state index contributed by atoms with van der Waals surface area (Å²) >= 11 is 0. The Morgan fingerprint density at radius 1 is 0.979 bits per heavy atom. The van der Waals surface area contributed by atoms with Crippen LogP contribution in [0.4, 0.5) is 0 Å². The van der Waals surface area contributed by atoms with E-state index in [1.54, 1.807) is 27.7 Å². The lowest BCUT2D eigenvalue weighted by molar-refractivity contribution is -0.185. The van der Waals surface area contributed by atoms with Crippen molar-refractivity contribution in [1.82, 2.24) is 10.2 Å². The Morgan fingerprint density at radius 3 is 2.15 bits per heavy atom. The minimum absolute atomic E-state index is 0.0674. The van der Waals surface area contributed by atoms with E-state index in [1.165, 1.54) is 4.90 Å². The smallest absolute Gasteiger partial charge is 0.332 e. The van der Waals surface area contributed by atoms with Crippen molar-refractivity contribution < 1.29 is 29.3 Å². The molecule has 3 rings (SSSR count). The van der Waals surface area contributed by atoms with Crippen LogP contribution < -0.4 is 11.1 Å². The molecule has 6 atom stereocenters. The number of hydrogen-bond acceptors (Lipinski definition) is 7. The van der Waals surface area contributed by atoms with E-state index in [9.17, 15) is 19.8 Å². The number of carbonyl (C=O) groups excluding carboxylic acids is 3. The second kappa shape index (κ2) is 16.4. The van der Waals surface area contributed by atoms with Gasteiger partial charge in [0.2, 0.25) is 11.8 Å². The Kier molecular flexibility index (Phi) is 13.4. The number of amides is 2. The summed E-state index contributed by atoms with van der Waals surface area (Å²) in [4.78, 5) is 44.3. The number of carbonyl (C=O) groups is 3. The van der Waals surface area contributed by atoms with Crippen LogP contribution in [-0.2, 0) is 25.5 Å². The number of benzene rings is 2. The molecule has 0 heterocycles. The van der Waals surface area contributed by atoms with E-state index in [2.05, 4.69) is 5.32 Å². The number of nitrogens with zero attached hydrogens (tertiary/aromatic N) is 1. The average molecular weight is 654 g/mol. The van der Waals surface area contributed by atoms with Gasteiger partial charge in [0.15, 0.2) is 0 Å². The van der Waals surface area contributed by atoms with Gasteiger partial charge in [-0.05, 0) is 81.5 Å². The monoisotopic (exact) mass is 653 g/mol. The molecule has 5 N–H and O–H groups in total. The van der Waals surface area contributed by atoms with Crippen molar-refractivity contribution in [3.63, 3.8) is 0 Å². The van der Waals surface area contributed by atoms with Gasteiger partial charge in [0.05, 0.1) is 18.2 Å². The number of hydrogen-bond donors (Lipinski definition) is 4. The summed E-state index contributed by atoms with van der Waals surface area (Å²) in [6.45, 7) is 14.7. The molecule has 0 radical (unpaired) electrons. The maximum Gasteiger partial charge on any atom is 0.332 e. The number of nitrogens with two attached hydrogens (primary N) is 1. The number of ether oxygens (including phenoxy) is 1. The molecule has 0 aromatic heterocycles. The van der Waals surface area contributed by atoms with Gasteiger partial charge in [0, 0.05) is 0 Å². The molecule has 262 valence electrons. The van der Waals surface area contributed by atoms with Crippen molar-refractivity contribution in [2.45, 2.75) is 148 Å². The number of nitrogens with one attached hydrogen (secondary N) is 1. The minimum atomic E-state index is -1.42. The summed E-state index contributed by atoms with van der Waals surface area (Å²) < 4.78 is 6.08. The highest BCUT2D eigenvalue weighted by Crippen LogP contribution is 2.40. The first-order valence-electron chi connectivity index (χ1n) is 17.5. The molecule has 1 aliphatic carbocycles. The van der Waals surface area contributed by atoms with Crippen LogP contribution in [0.3, 0.4) is 0 Å². The van der Waals surface area contributed by atoms with Gasteiger partial charge in [-0.2, -0.15) is 0 Å². The fourth-order valence-corrected chi connectivity index (χ4v) is 6.71. The maximum atomic E-state index is 15.2. The van der Waals surface area contributed by atoms with Gasteiger partial charge in [-0.25, -0.2) is 4.79 Å². The predicted molar refractivity (Wildman–Crippen MR) is 186 cm³/mol. The Labute approximate surface area is 281 Å². The zero-order valence-corrected chi connectivity index (χ0v) is 29.8. The quantitative estimate of drug-likeness (QED) is 0.204. The molecule has 1 fully saturated rings. The summed E-state index contributed by atoms with van der Waals surface area (Å²) in [6, 6.07) is 11.0. The number of esters is 1. The first-order valence-corrected chi connectivity index (χ1v) is 17.5. The third-order valence-electron chi connectivity index (χ3n) is 9.44. The third-order valence-corrected chi connectivity index (χ3v) is 9.44. The van der Waals surface area contributed by atoms with Crippen LogP contribution in [0, 0.1) is 11.8 Å².